The molecule has 0 saturated carbocycles. The summed E-state index contributed by atoms with van der Waals surface area (Å²) in [6, 6.07) is 4.36. The number of carbonyl (C=O) groups excluding carboxylic acids is 2. The molecule has 8 nitrogen and oxygen atoms in total. The molecule has 1 atom stereocenters. The van der Waals surface area contributed by atoms with Gasteiger partial charge in [-0.1, -0.05) is 0 Å². The highest BCUT2D eigenvalue weighted by atomic mass is 32.2. The lowest BCUT2D eigenvalue weighted by Crippen LogP contribution is -2.31. The van der Waals surface area contributed by atoms with Crippen LogP contribution in [0.15, 0.2) is 23.1 Å². The van der Waals surface area contributed by atoms with E-state index in [1.807, 2.05) is 4.90 Å². The van der Waals surface area contributed by atoms with Crippen molar-refractivity contribution in [1.82, 2.24) is 4.31 Å². The minimum atomic E-state index is -3.70. The summed E-state index contributed by atoms with van der Waals surface area (Å²) >= 11 is 0. The van der Waals surface area contributed by atoms with Gasteiger partial charge in [0, 0.05) is 27.2 Å². The van der Waals surface area contributed by atoms with E-state index in [9.17, 15) is 18.0 Å². The number of nitrogens with zero attached hydrogens (tertiary/aromatic N) is 2. The van der Waals surface area contributed by atoms with Gasteiger partial charge in [0.1, 0.15) is 0 Å². The Morgan fingerprint density at radius 1 is 1.24 bits per heavy atom. The molecule has 0 aliphatic carbocycles. The number of ether oxygens (including phenoxy) is 1. The second-order valence-electron chi connectivity index (χ2n) is 6.11. The number of rotatable bonds is 6. The molecule has 138 valence electrons. The Morgan fingerprint density at radius 3 is 2.36 bits per heavy atom. The Labute approximate surface area is 147 Å². The lowest BCUT2D eigenvalue weighted by atomic mass is 10.1. The Kier molecular flexibility index (Phi) is 5.69. The first-order valence-electron chi connectivity index (χ1n) is 7.96. The van der Waals surface area contributed by atoms with Crippen molar-refractivity contribution in [2.24, 2.45) is 5.73 Å². The van der Waals surface area contributed by atoms with Crippen molar-refractivity contribution in [3.63, 3.8) is 0 Å². The number of benzene rings is 1. The quantitative estimate of drug-likeness (QED) is 0.734. The fourth-order valence-electron chi connectivity index (χ4n) is 2.57. The van der Waals surface area contributed by atoms with Gasteiger partial charge in [0.05, 0.1) is 16.1 Å². The fourth-order valence-corrected chi connectivity index (χ4v) is 3.49. The zero-order valence-corrected chi connectivity index (χ0v) is 15.4. The number of sulfonamides is 1. The lowest BCUT2D eigenvalue weighted by Gasteiger charge is -2.22. The van der Waals surface area contributed by atoms with Gasteiger partial charge in [0.25, 0.3) is 5.91 Å². The van der Waals surface area contributed by atoms with Crippen LogP contribution in [0.3, 0.4) is 0 Å². The van der Waals surface area contributed by atoms with Gasteiger partial charge in [0.15, 0.2) is 6.10 Å². The summed E-state index contributed by atoms with van der Waals surface area (Å²) in [4.78, 5) is 25.7. The molecular weight excluding hydrogens is 346 g/mol. The van der Waals surface area contributed by atoms with Gasteiger partial charge in [-0.15, -0.1) is 0 Å². The van der Waals surface area contributed by atoms with Crippen LogP contribution in [0.4, 0.5) is 5.69 Å². The molecule has 2 N–H and O–H groups in total. The van der Waals surface area contributed by atoms with Crippen LogP contribution in [-0.4, -0.2) is 57.9 Å². The van der Waals surface area contributed by atoms with Crippen LogP contribution in [-0.2, 0) is 19.6 Å². The first kappa shape index (κ1) is 19.2. The van der Waals surface area contributed by atoms with Crippen molar-refractivity contribution in [2.45, 2.75) is 30.8 Å². The van der Waals surface area contributed by atoms with Gasteiger partial charge in [0.2, 0.25) is 10.0 Å². The molecule has 1 aliphatic heterocycles. The van der Waals surface area contributed by atoms with Crippen LogP contribution in [0.5, 0.6) is 0 Å². The molecule has 0 spiro atoms. The standard InChI is InChI=1S/C16H23N3O5S/c1-11(15(17)20)24-16(21)13-10-12(25(22,23)18(2)3)6-7-14(13)19-8-4-5-9-19/h6-7,10-11H,4-5,8-9H2,1-3H3,(H2,17,20). The highest BCUT2D eigenvalue weighted by Crippen LogP contribution is 2.29. The molecule has 1 amide bonds. The van der Waals surface area contributed by atoms with E-state index >= 15 is 0 Å². The smallest absolute Gasteiger partial charge is 0.341 e. The third-order valence-electron chi connectivity index (χ3n) is 4.10. The molecule has 1 fully saturated rings. The zero-order chi connectivity index (χ0) is 18.8. The van der Waals surface area contributed by atoms with Gasteiger partial charge in [-0.2, -0.15) is 0 Å². The van der Waals surface area contributed by atoms with Crippen molar-refractivity contribution in [3.05, 3.63) is 23.8 Å². The maximum Gasteiger partial charge on any atom is 0.341 e. The second kappa shape index (κ2) is 7.40. The highest BCUT2D eigenvalue weighted by Gasteiger charge is 2.26. The van der Waals surface area contributed by atoms with Gasteiger partial charge in [-0.25, -0.2) is 17.5 Å². The van der Waals surface area contributed by atoms with Crippen LogP contribution >= 0.6 is 0 Å². The summed E-state index contributed by atoms with van der Waals surface area (Å²) in [7, 11) is -0.875. The van der Waals surface area contributed by atoms with E-state index in [2.05, 4.69) is 0 Å². The normalized spacial score (nSPS) is 16.1. The number of carbonyl (C=O) groups is 2. The minimum Gasteiger partial charge on any atom is -0.449 e. The molecule has 0 radical (unpaired) electrons. The van der Waals surface area contributed by atoms with Crippen molar-refractivity contribution >= 4 is 27.6 Å². The topological polar surface area (TPSA) is 110 Å². The van der Waals surface area contributed by atoms with Crippen molar-refractivity contribution < 1.29 is 22.7 Å². The minimum absolute atomic E-state index is 0.0147. The maximum atomic E-state index is 12.5. The van der Waals surface area contributed by atoms with E-state index in [0.29, 0.717) is 5.69 Å². The molecule has 1 aromatic carbocycles. The van der Waals surface area contributed by atoms with E-state index in [-0.39, 0.29) is 10.5 Å². The predicted molar refractivity (Wildman–Crippen MR) is 92.8 cm³/mol. The van der Waals surface area contributed by atoms with Crippen LogP contribution in [0.1, 0.15) is 30.1 Å². The summed E-state index contributed by atoms with van der Waals surface area (Å²) in [5.74, 6) is -1.54. The molecule has 0 bridgehead atoms. The number of anilines is 1. The third-order valence-corrected chi connectivity index (χ3v) is 5.91. The Balaban J connectivity index is 2.47. The molecule has 9 heteroatoms. The van der Waals surface area contributed by atoms with E-state index in [4.69, 9.17) is 10.5 Å². The average Bonchev–Trinajstić information content (AvgIpc) is 3.08. The molecule has 1 heterocycles. The van der Waals surface area contributed by atoms with E-state index in [0.717, 1.165) is 30.2 Å². The SMILES string of the molecule is CC(OC(=O)c1cc(S(=O)(=O)N(C)C)ccc1N1CCCC1)C(N)=O. The maximum absolute atomic E-state index is 12.5. The monoisotopic (exact) mass is 369 g/mol. The second-order valence-corrected chi connectivity index (χ2v) is 8.26. The van der Waals surface area contributed by atoms with E-state index < -0.39 is 28.0 Å². The third kappa shape index (κ3) is 4.10. The van der Waals surface area contributed by atoms with Gasteiger partial charge in [-0.3, -0.25) is 4.79 Å². The zero-order valence-electron chi connectivity index (χ0n) is 14.6. The van der Waals surface area contributed by atoms with Crippen LogP contribution in [0, 0.1) is 0 Å². The number of hydrogen-bond donors (Lipinski definition) is 1. The van der Waals surface area contributed by atoms with E-state index in [1.54, 1.807) is 6.07 Å². The summed E-state index contributed by atoms with van der Waals surface area (Å²) in [6.07, 6.45) is 0.876. The molecular formula is C16H23N3O5S. The number of esters is 1. The molecule has 1 saturated heterocycles. The van der Waals surface area contributed by atoms with Gasteiger partial charge in [-0.05, 0) is 38.0 Å². The Morgan fingerprint density at radius 2 is 1.84 bits per heavy atom. The fraction of sp³-hybridized carbons (Fsp3) is 0.500. The molecule has 25 heavy (non-hydrogen) atoms. The molecule has 1 aliphatic rings. The summed E-state index contributed by atoms with van der Waals surface area (Å²) in [5, 5.41) is 0. The first-order valence-corrected chi connectivity index (χ1v) is 9.40. The highest BCUT2D eigenvalue weighted by molar-refractivity contribution is 7.89. The number of amides is 1. The number of hydrogen-bond acceptors (Lipinski definition) is 6. The number of nitrogens with two attached hydrogens (primary N) is 1. The van der Waals surface area contributed by atoms with Crippen LogP contribution in [0.25, 0.3) is 0 Å². The number of primary amides is 1. The Hall–Kier alpha value is -2.13. The van der Waals surface area contributed by atoms with Gasteiger partial charge >= 0.3 is 5.97 Å². The Bertz CT molecular complexity index is 770. The van der Waals surface area contributed by atoms with Crippen molar-refractivity contribution in [3.8, 4) is 0 Å². The van der Waals surface area contributed by atoms with Crippen LogP contribution < -0.4 is 10.6 Å². The summed E-state index contributed by atoms with van der Waals surface area (Å²) in [6.45, 7) is 2.91. The van der Waals surface area contributed by atoms with Gasteiger partial charge < -0.3 is 15.4 Å². The van der Waals surface area contributed by atoms with Crippen molar-refractivity contribution in [1.29, 1.82) is 0 Å². The van der Waals surface area contributed by atoms with E-state index in [1.165, 1.54) is 33.2 Å². The summed E-state index contributed by atoms with van der Waals surface area (Å²) in [5.41, 5.74) is 5.84. The first-order chi connectivity index (χ1) is 11.6. The van der Waals surface area contributed by atoms with Crippen LogP contribution in [0.2, 0.25) is 0 Å². The largest absolute Gasteiger partial charge is 0.449 e. The molecule has 1 unspecified atom stereocenters. The average molecular weight is 369 g/mol. The predicted octanol–water partition coefficient (Wildman–Crippen LogP) is 0.568. The summed E-state index contributed by atoms with van der Waals surface area (Å²) < 4.78 is 30.9. The molecule has 0 aromatic heterocycles. The van der Waals surface area contributed by atoms with Crippen molar-refractivity contribution in [2.75, 3.05) is 32.1 Å². The molecule has 2 rings (SSSR count). The molecule has 1 aromatic rings. The lowest BCUT2D eigenvalue weighted by molar-refractivity contribution is -0.125.